The topological polar surface area (TPSA) is 102 Å². The monoisotopic (exact) mass is 313 g/mol. The normalized spacial score (nSPS) is 10.7. The number of hydrogen-bond acceptors (Lipinski definition) is 6. The number of amides is 1. The van der Waals surface area contributed by atoms with Crippen LogP contribution in [0.1, 0.15) is 19.8 Å². The molecule has 0 fully saturated rings. The van der Waals surface area contributed by atoms with E-state index in [0.29, 0.717) is 23.8 Å². The van der Waals surface area contributed by atoms with Crippen LogP contribution in [-0.2, 0) is 4.74 Å². The molecule has 2 aromatic rings. The minimum atomic E-state index is -0.552. The van der Waals surface area contributed by atoms with E-state index >= 15 is 0 Å². The Kier molecular flexibility index (Phi) is 6.05. The lowest BCUT2D eigenvalue weighted by atomic mass is 10.3. The summed E-state index contributed by atoms with van der Waals surface area (Å²) in [7, 11) is 0. The lowest BCUT2D eigenvalue weighted by molar-refractivity contribution is 0.160. The second-order valence-corrected chi connectivity index (χ2v) is 4.75. The van der Waals surface area contributed by atoms with Crippen LogP contribution in [0.5, 0.6) is 0 Å². The first-order valence-corrected chi connectivity index (χ1v) is 7.36. The molecule has 0 saturated carbocycles. The lowest BCUT2D eigenvalue weighted by Gasteiger charge is -2.07. The second kappa shape index (κ2) is 8.47. The first kappa shape index (κ1) is 16.4. The number of anilines is 2. The fourth-order valence-electron chi connectivity index (χ4n) is 1.68. The number of nitrogen functional groups attached to an aromatic ring is 1. The summed E-state index contributed by atoms with van der Waals surface area (Å²) in [5, 5.41) is 10.6. The van der Waals surface area contributed by atoms with Crippen molar-refractivity contribution in [2.75, 3.05) is 17.7 Å². The molecule has 1 aromatic heterocycles. The third-order valence-corrected chi connectivity index (χ3v) is 2.89. The predicted octanol–water partition coefficient (Wildman–Crippen LogP) is 4.43. The zero-order valence-electron chi connectivity index (χ0n) is 12.9. The zero-order valence-corrected chi connectivity index (χ0v) is 12.9. The molecule has 1 heterocycles. The molecule has 2 rings (SSSR count). The number of ether oxygens (including phenoxy) is 1. The molecule has 0 aliphatic rings. The number of nitrogens with two attached hydrogens (primary N) is 1. The summed E-state index contributed by atoms with van der Waals surface area (Å²) in [5.74, 6) is 0.485. The molecule has 7 nitrogen and oxygen atoms in total. The molecule has 7 heteroatoms. The molecule has 0 bridgehead atoms. The number of nitrogens with one attached hydrogen (secondary N) is 1. The molecule has 0 aliphatic carbocycles. The number of hydrogen-bond donors (Lipinski definition) is 2. The smallest absolute Gasteiger partial charge is 0.412 e. The zero-order chi connectivity index (χ0) is 16.5. The average Bonchev–Trinajstić information content (AvgIpc) is 2.55. The van der Waals surface area contributed by atoms with Crippen LogP contribution in [0.15, 0.2) is 52.7 Å². The van der Waals surface area contributed by atoms with Crippen molar-refractivity contribution in [2.24, 2.45) is 10.2 Å². The summed E-state index contributed by atoms with van der Waals surface area (Å²) in [6, 6.07) is 12.5. The highest BCUT2D eigenvalue weighted by molar-refractivity contribution is 5.84. The van der Waals surface area contributed by atoms with E-state index < -0.39 is 6.09 Å². The number of azo groups is 1. The van der Waals surface area contributed by atoms with Gasteiger partial charge in [-0.05, 0) is 30.7 Å². The van der Waals surface area contributed by atoms with Crippen molar-refractivity contribution in [1.82, 2.24) is 4.98 Å². The van der Waals surface area contributed by atoms with Crippen LogP contribution in [-0.4, -0.2) is 17.7 Å². The number of rotatable bonds is 6. The Morgan fingerprint density at radius 1 is 1.22 bits per heavy atom. The third kappa shape index (κ3) is 5.39. The molecular formula is C16H19N5O2. The van der Waals surface area contributed by atoms with Crippen molar-refractivity contribution in [3.8, 4) is 0 Å². The molecule has 0 spiro atoms. The highest BCUT2D eigenvalue weighted by Crippen LogP contribution is 2.24. The van der Waals surface area contributed by atoms with Gasteiger partial charge in [0.25, 0.3) is 0 Å². The van der Waals surface area contributed by atoms with Gasteiger partial charge in [0.1, 0.15) is 11.5 Å². The Balaban J connectivity index is 1.98. The lowest BCUT2D eigenvalue weighted by Crippen LogP contribution is -2.15. The Morgan fingerprint density at radius 2 is 2.00 bits per heavy atom. The molecule has 0 radical (unpaired) electrons. The number of nitrogens with zero attached hydrogens (tertiary/aromatic N) is 3. The number of aromatic nitrogens is 1. The van der Waals surface area contributed by atoms with Gasteiger partial charge in [-0.15, -0.1) is 5.11 Å². The van der Waals surface area contributed by atoms with E-state index in [4.69, 9.17) is 10.5 Å². The fraction of sp³-hybridized carbons (Fsp3) is 0.250. The SMILES string of the molecule is CCCCOC(=O)Nc1ccc(/N=N/c2ccccc2)c(N)n1. The highest BCUT2D eigenvalue weighted by Gasteiger charge is 2.06. The average molecular weight is 313 g/mol. The van der Waals surface area contributed by atoms with Gasteiger partial charge in [0.15, 0.2) is 5.82 Å². The van der Waals surface area contributed by atoms with Gasteiger partial charge in [0.2, 0.25) is 0 Å². The predicted molar refractivity (Wildman–Crippen MR) is 89.1 cm³/mol. The quantitative estimate of drug-likeness (QED) is 0.608. The van der Waals surface area contributed by atoms with E-state index in [1.54, 1.807) is 12.1 Å². The van der Waals surface area contributed by atoms with Crippen molar-refractivity contribution in [3.63, 3.8) is 0 Å². The van der Waals surface area contributed by atoms with Crippen LogP contribution in [0, 0.1) is 0 Å². The summed E-state index contributed by atoms with van der Waals surface area (Å²) >= 11 is 0. The summed E-state index contributed by atoms with van der Waals surface area (Å²) in [6.45, 7) is 2.40. The van der Waals surface area contributed by atoms with E-state index in [-0.39, 0.29) is 5.82 Å². The first-order valence-electron chi connectivity index (χ1n) is 7.36. The second-order valence-electron chi connectivity index (χ2n) is 4.75. The Hall–Kier alpha value is -2.96. The largest absolute Gasteiger partial charge is 0.449 e. The fourth-order valence-corrected chi connectivity index (χ4v) is 1.68. The van der Waals surface area contributed by atoms with Gasteiger partial charge in [0.05, 0.1) is 12.3 Å². The van der Waals surface area contributed by atoms with Crippen LogP contribution >= 0.6 is 0 Å². The van der Waals surface area contributed by atoms with E-state index in [9.17, 15) is 4.79 Å². The van der Waals surface area contributed by atoms with Gasteiger partial charge in [-0.1, -0.05) is 31.5 Å². The van der Waals surface area contributed by atoms with Crippen LogP contribution in [0.4, 0.5) is 27.8 Å². The summed E-state index contributed by atoms with van der Waals surface area (Å²) < 4.78 is 4.99. The van der Waals surface area contributed by atoms with Gasteiger partial charge in [-0.2, -0.15) is 5.11 Å². The number of pyridine rings is 1. The Labute approximate surface area is 134 Å². The van der Waals surface area contributed by atoms with E-state index in [1.165, 1.54) is 0 Å². The Bertz CT molecular complexity index is 673. The number of unbranched alkanes of at least 4 members (excludes halogenated alkanes) is 1. The highest BCUT2D eigenvalue weighted by atomic mass is 16.5. The molecule has 23 heavy (non-hydrogen) atoms. The first-order chi connectivity index (χ1) is 11.2. The van der Waals surface area contributed by atoms with Crippen LogP contribution in [0.3, 0.4) is 0 Å². The molecule has 1 aromatic carbocycles. The van der Waals surface area contributed by atoms with E-state index in [2.05, 4.69) is 20.5 Å². The van der Waals surface area contributed by atoms with Crippen molar-refractivity contribution < 1.29 is 9.53 Å². The van der Waals surface area contributed by atoms with E-state index in [0.717, 1.165) is 12.8 Å². The standard InChI is InChI=1S/C16H19N5O2/c1-2-3-11-23-16(22)19-14-10-9-13(15(17)18-14)21-20-12-7-5-4-6-8-12/h4-10H,2-3,11H2,1H3,(H3,17,18,19,22)/b21-20+. The van der Waals surface area contributed by atoms with Gasteiger partial charge < -0.3 is 10.5 Å². The molecule has 0 saturated heterocycles. The maximum Gasteiger partial charge on any atom is 0.412 e. The molecular weight excluding hydrogens is 294 g/mol. The van der Waals surface area contributed by atoms with Crippen LogP contribution in [0.25, 0.3) is 0 Å². The summed E-state index contributed by atoms with van der Waals surface area (Å²) in [6.07, 6.45) is 1.23. The number of carbonyl (C=O) groups excluding carboxylic acids is 1. The van der Waals surface area contributed by atoms with Crippen LogP contribution < -0.4 is 11.1 Å². The van der Waals surface area contributed by atoms with Crippen molar-refractivity contribution in [2.45, 2.75) is 19.8 Å². The van der Waals surface area contributed by atoms with Crippen molar-refractivity contribution in [3.05, 3.63) is 42.5 Å². The molecule has 120 valence electrons. The number of benzene rings is 1. The minimum absolute atomic E-state index is 0.177. The molecule has 0 atom stereocenters. The maximum absolute atomic E-state index is 11.5. The Morgan fingerprint density at radius 3 is 2.70 bits per heavy atom. The van der Waals surface area contributed by atoms with Crippen molar-refractivity contribution in [1.29, 1.82) is 0 Å². The van der Waals surface area contributed by atoms with Gasteiger partial charge >= 0.3 is 6.09 Å². The van der Waals surface area contributed by atoms with Gasteiger partial charge in [0, 0.05) is 0 Å². The molecule has 3 N–H and O–H groups in total. The van der Waals surface area contributed by atoms with Crippen molar-refractivity contribution >= 4 is 29.1 Å². The van der Waals surface area contributed by atoms with E-state index in [1.807, 2.05) is 37.3 Å². The molecule has 0 aliphatic heterocycles. The summed E-state index contributed by atoms with van der Waals surface area (Å²) in [5.41, 5.74) is 6.97. The van der Waals surface area contributed by atoms with Gasteiger partial charge in [-0.25, -0.2) is 9.78 Å². The molecule has 0 unspecified atom stereocenters. The molecule has 1 amide bonds. The van der Waals surface area contributed by atoms with Crippen LogP contribution in [0.2, 0.25) is 0 Å². The van der Waals surface area contributed by atoms with Gasteiger partial charge in [-0.3, -0.25) is 5.32 Å². The number of carbonyl (C=O) groups is 1. The minimum Gasteiger partial charge on any atom is -0.449 e. The maximum atomic E-state index is 11.5. The third-order valence-electron chi connectivity index (χ3n) is 2.89. The summed E-state index contributed by atoms with van der Waals surface area (Å²) in [4.78, 5) is 15.6.